The number of aryl methyl sites for hydroxylation is 1. The molecule has 0 fully saturated rings. The summed E-state index contributed by atoms with van der Waals surface area (Å²) in [4.78, 5) is 13.1. The minimum absolute atomic E-state index is 0.164. The molecule has 3 N–H and O–H groups in total. The normalized spacial score (nSPS) is 20.4. The number of nitrogens with two attached hydrogens (primary N) is 1. The molecular weight excluding hydrogens is 362 g/mol. The van der Waals surface area contributed by atoms with Gasteiger partial charge in [0.15, 0.2) is 0 Å². The van der Waals surface area contributed by atoms with Crippen LogP contribution in [0.25, 0.3) is 0 Å². The summed E-state index contributed by atoms with van der Waals surface area (Å²) in [5, 5.41) is 11.0. The van der Waals surface area contributed by atoms with E-state index in [1.165, 1.54) is 5.56 Å². The molecule has 2 atom stereocenters. The number of nitrogen functional groups attached to an aromatic ring is 1. The third kappa shape index (κ3) is 4.81. The molecule has 2 aromatic rings. The first-order valence-electron chi connectivity index (χ1n) is 10.5. The number of esters is 1. The summed E-state index contributed by atoms with van der Waals surface area (Å²) in [6.07, 6.45) is 4.18. The van der Waals surface area contributed by atoms with Gasteiger partial charge in [0.25, 0.3) is 0 Å². The smallest absolute Gasteiger partial charge is 0.338 e. The highest BCUT2D eigenvalue weighted by molar-refractivity contribution is 5.92. The van der Waals surface area contributed by atoms with Gasteiger partial charge in [0.05, 0.1) is 5.57 Å². The molecule has 0 saturated heterocycles. The molecule has 0 radical (unpaired) electrons. The Morgan fingerprint density at radius 2 is 1.86 bits per heavy atom. The summed E-state index contributed by atoms with van der Waals surface area (Å²) in [6, 6.07) is 17.7. The van der Waals surface area contributed by atoms with Gasteiger partial charge in [0.2, 0.25) is 0 Å². The van der Waals surface area contributed by atoms with Gasteiger partial charge in [0.1, 0.15) is 11.4 Å². The molecule has 0 aromatic heterocycles. The number of aliphatic hydroxyl groups is 1. The topological polar surface area (TPSA) is 72.5 Å². The van der Waals surface area contributed by atoms with Crippen LogP contribution in [0.1, 0.15) is 63.0 Å². The van der Waals surface area contributed by atoms with E-state index in [0.29, 0.717) is 30.5 Å². The lowest BCUT2D eigenvalue weighted by Crippen LogP contribution is -2.41. The zero-order valence-electron chi connectivity index (χ0n) is 17.4. The number of carbonyl (C=O) groups is 1. The predicted molar refractivity (Wildman–Crippen MR) is 117 cm³/mol. The minimum atomic E-state index is -0.650. The summed E-state index contributed by atoms with van der Waals surface area (Å²) in [7, 11) is 0. The van der Waals surface area contributed by atoms with Gasteiger partial charge in [-0.25, -0.2) is 4.79 Å². The van der Waals surface area contributed by atoms with Crippen molar-refractivity contribution in [3.05, 3.63) is 77.1 Å². The molecule has 1 aliphatic heterocycles. The second-order valence-corrected chi connectivity index (χ2v) is 7.98. The number of ether oxygens (including phenoxy) is 1. The average molecular weight is 394 g/mol. The van der Waals surface area contributed by atoms with Crippen LogP contribution in [-0.4, -0.2) is 16.7 Å². The van der Waals surface area contributed by atoms with Gasteiger partial charge in [-0.3, -0.25) is 0 Å². The Bertz CT molecular complexity index is 875. The third-order valence-corrected chi connectivity index (χ3v) is 5.82. The molecule has 4 heteroatoms. The fourth-order valence-electron chi connectivity index (χ4n) is 4.41. The van der Waals surface area contributed by atoms with Crippen molar-refractivity contribution < 1.29 is 14.6 Å². The standard InChI is InChI=1S/C25H31NO3/c1-3-14-25(15-13-18-9-6-5-7-10-18)17-22(27)23(24(28)29-25)21(4-2)19-11-8-12-20(26)16-19/h5-12,16,21,27H,3-4,13-15,17,26H2,1-2H3/t21?,25-/m0/s1. The molecule has 2 aromatic carbocycles. The highest BCUT2D eigenvalue weighted by atomic mass is 16.6. The number of rotatable bonds is 8. The van der Waals surface area contributed by atoms with E-state index in [9.17, 15) is 9.90 Å². The molecule has 154 valence electrons. The number of anilines is 1. The van der Waals surface area contributed by atoms with E-state index in [-0.39, 0.29) is 11.7 Å². The van der Waals surface area contributed by atoms with Gasteiger partial charge in [-0.05, 0) is 48.9 Å². The van der Waals surface area contributed by atoms with Gasteiger partial charge in [-0.15, -0.1) is 0 Å². The number of hydrogen-bond acceptors (Lipinski definition) is 4. The second kappa shape index (κ2) is 9.17. The number of carbonyl (C=O) groups excluding carboxylic acids is 1. The molecule has 1 unspecified atom stereocenters. The van der Waals surface area contributed by atoms with Crippen LogP contribution in [0.4, 0.5) is 5.69 Å². The maximum Gasteiger partial charge on any atom is 0.338 e. The van der Waals surface area contributed by atoms with Gasteiger partial charge >= 0.3 is 5.97 Å². The quantitative estimate of drug-likeness (QED) is 0.446. The maximum absolute atomic E-state index is 13.1. The van der Waals surface area contributed by atoms with Crippen molar-refractivity contribution in [2.45, 2.75) is 63.9 Å². The fourth-order valence-corrected chi connectivity index (χ4v) is 4.41. The highest BCUT2D eigenvalue weighted by Gasteiger charge is 2.43. The number of cyclic esters (lactones) is 1. The Balaban J connectivity index is 1.87. The van der Waals surface area contributed by atoms with Gasteiger partial charge in [-0.1, -0.05) is 62.7 Å². The van der Waals surface area contributed by atoms with Crippen molar-refractivity contribution in [3.63, 3.8) is 0 Å². The SMILES string of the molecule is CCC[C@]1(CCc2ccccc2)CC(O)=C(C(CC)c2cccc(N)c2)C(=O)O1. The Labute approximate surface area is 173 Å². The lowest BCUT2D eigenvalue weighted by molar-refractivity contribution is -0.161. The first-order chi connectivity index (χ1) is 14.0. The van der Waals surface area contributed by atoms with Crippen LogP contribution in [0.3, 0.4) is 0 Å². The summed E-state index contributed by atoms with van der Waals surface area (Å²) in [6.45, 7) is 4.08. The first kappa shape index (κ1) is 21.0. The van der Waals surface area contributed by atoms with Crippen molar-refractivity contribution >= 4 is 11.7 Å². The van der Waals surface area contributed by atoms with Crippen LogP contribution in [-0.2, 0) is 16.0 Å². The highest BCUT2D eigenvalue weighted by Crippen LogP contribution is 2.42. The summed E-state index contributed by atoms with van der Waals surface area (Å²) in [5.41, 5.74) is 8.45. The largest absolute Gasteiger partial charge is 0.512 e. The van der Waals surface area contributed by atoms with E-state index in [1.54, 1.807) is 0 Å². The molecule has 3 rings (SSSR count). The minimum Gasteiger partial charge on any atom is -0.512 e. The van der Waals surface area contributed by atoms with Crippen LogP contribution in [0.5, 0.6) is 0 Å². The number of aliphatic hydroxyl groups excluding tert-OH is 1. The molecule has 1 aliphatic rings. The van der Waals surface area contributed by atoms with E-state index >= 15 is 0 Å². The Hall–Kier alpha value is -2.75. The van der Waals surface area contributed by atoms with Crippen LogP contribution in [0.2, 0.25) is 0 Å². The van der Waals surface area contributed by atoms with Crippen molar-refractivity contribution in [1.29, 1.82) is 0 Å². The third-order valence-electron chi connectivity index (χ3n) is 5.82. The Kier molecular flexibility index (Phi) is 6.63. The van der Waals surface area contributed by atoms with Crippen molar-refractivity contribution in [3.8, 4) is 0 Å². The van der Waals surface area contributed by atoms with Crippen molar-refractivity contribution in [2.24, 2.45) is 0 Å². The lowest BCUT2D eigenvalue weighted by Gasteiger charge is -2.38. The van der Waals surface area contributed by atoms with Crippen molar-refractivity contribution in [1.82, 2.24) is 0 Å². The van der Waals surface area contributed by atoms with Gasteiger partial charge in [0, 0.05) is 18.0 Å². The second-order valence-electron chi connectivity index (χ2n) is 7.98. The summed E-state index contributed by atoms with van der Waals surface area (Å²) < 4.78 is 6.07. The number of hydrogen-bond donors (Lipinski definition) is 2. The lowest BCUT2D eigenvalue weighted by atomic mass is 9.80. The molecule has 0 aliphatic carbocycles. The summed E-state index contributed by atoms with van der Waals surface area (Å²) >= 11 is 0. The van der Waals surface area contributed by atoms with Crippen LogP contribution in [0.15, 0.2) is 65.9 Å². The van der Waals surface area contributed by atoms with Crippen LogP contribution in [0, 0.1) is 0 Å². The molecule has 0 spiro atoms. The monoisotopic (exact) mass is 393 g/mol. The zero-order chi connectivity index (χ0) is 20.9. The molecule has 29 heavy (non-hydrogen) atoms. The predicted octanol–water partition coefficient (Wildman–Crippen LogP) is 5.69. The molecule has 4 nitrogen and oxygen atoms in total. The van der Waals surface area contributed by atoms with E-state index < -0.39 is 11.6 Å². The van der Waals surface area contributed by atoms with Crippen LogP contribution < -0.4 is 5.73 Å². The zero-order valence-corrected chi connectivity index (χ0v) is 17.4. The van der Waals surface area contributed by atoms with E-state index in [0.717, 1.165) is 24.8 Å². The Morgan fingerprint density at radius 3 is 2.48 bits per heavy atom. The number of benzene rings is 2. The maximum atomic E-state index is 13.1. The summed E-state index contributed by atoms with van der Waals surface area (Å²) in [5.74, 6) is -0.457. The average Bonchev–Trinajstić information content (AvgIpc) is 2.70. The fraction of sp³-hybridized carbons (Fsp3) is 0.400. The van der Waals surface area contributed by atoms with E-state index in [2.05, 4.69) is 19.1 Å². The molecule has 1 heterocycles. The van der Waals surface area contributed by atoms with Gasteiger partial charge in [-0.2, -0.15) is 0 Å². The van der Waals surface area contributed by atoms with Crippen molar-refractivity contribution in [2.75, 3.05) is 5.73 Å². The molecule has 0 bridgehead atoms. The van der Waals surface area contributed by atoms with Gasteiger partial charge < -0.3 is 15.6 Å². The molecular formula is C25H31NO3. The molecule has 0 amide bonds. The van der Waals surface area contributed by atoms with E-state index in [1.807, 2.05) is 49.4 Å². The van der Waals surface area contributed by atoms with E-state index in [4.69, 9.17) is 10.5 Å². The molecule has 0 saturated carbocycles. The van der Waals surface area contributed by atoms with Crippen LogP contribution >= 0.6 is 0 Å². The first-order valence-corrected chi connectivity index (χ1v) is 10.5. The Morgan fingerprint density at radius 1 is 1.10 bits per heavy atom.